The fourth-order valence-corrected chi connectivity index (χ4v) is 3.59. The molecule has 1 aromatic heterocycles. The minimum atomic E-state index is 0.680. The Morgan fingerprint density at radius 3 is 2.50 bits per heavy atom. The van der Waals surface area contributed by atoms with E-state index in [1.54, 1.807) is 11.8 Å². The van der Waals surface area contributed by atoms with E-state index in [1.807, 2.05) is 43.5 Å². The minimum Gasteiger partial charge on any atom is -0.494 e. The van der Waals surface area contributed by atoms with Crippen molar-refractivity contribution in [3.05, 3.63) is 71.5 Å². The van der Waals surface area contributed by atoms with Crippen molar-refractivity contribution in [2.45, 2.75) is 25.7 Å². The highest BCUT2D eigenvalue weighted by atomic mass is 32.2. The van der Waals surface area contributed by atoms with Gasteiger partial charge in [0, 0.05) is 33.7 Å². The lowest BCUT2D eigenvalue weighted by Crippen LogP contribution is -2.00. The van der Waals surface area contributed by atoms with Crippen molar-refractivity contribution in [1.82, 2.24) is 4.57 Å². The highest BCUT2D eigenvalue weighted by Crippen LogP contribution is 2.28. The normalized spacial score (nSPS) is 11.2. The van der Waals surface area contributed by atoms with Gasteiger partial charge >= 0.3 is 0 Å². The van der Waals surface area contributed by atoms with Gasteiger partial charge in [-0.2, -0.15) is 0 Å². The summed E-state index contributed by atoms with van der Waals surface area (Å²) in [5, 5.41) is 0. The molecule has 1 heterocycles. The SMILES string of the molecule is CCOc1ccc(-n2c(C)cc(C=Nc3ccccc3SC)c2C)cc1. The molecule has 0 N–H and O–H groups in total. The first-order chi connectivity index (χ1) is 12.6. The van der Waals surface area contributed by atoms with Gasteiger partial charge in [0.25, 0.3) is 0 Å². The van der Waals surface area contributed by atoms with Gasteiger partial charge in [-0.15, -0.1) is 11.8 Å². The summed E-state index contributed by atoms with van der Waals surface area (Å²) in [7, 11) is 0. The molecular formula is C22H24N2OS. The van der Waals surface area contributed by atoms with Crippen LogP contribution in [0.5, 0.6) is 5.75 Å². The molecule has 0 spiro atoms. The number of rotatable bonds is 6. The highest BCUT2D eigenvalue weighted by molar-refractivity contribution is 7.98. The maximum absolute atomic E-state index is 5.54. The van der Waals surface area contributed by atoms with E-state index in [4.69, 9.17) is 9.73 Å². The summed E-state index contributed by atoms with van der Waals surface area (Å²) in [6.45, 7) is 6.93. The third-order valence-electron chi connectivity index (χ3n) is 4.30. The first-order valence-electron chi connectivity index (χ1n) is 8.73. The van der Waals surface area contributed by atoms with Gasteiger partial charge in [-0.05, 0) is 69.5 Å². The van der Waals surface area contributed by atoms with Gasteiger partial charge in [0.05, 0.1) is 12.3 Å². The number of aromatic nitrogens is 1. The van der Waals surface area contributed by atoms with Crippen molar-refractivity contribution >= 4 is 23.7 Å². The van der Waals surface area contributed by atoms with Gasteiger partial charge in [-0.1, -0.05) is 12.1 Å². The summed E-state index contributed by atoms with van der Waals surface area (Å²) in [6, 6.07) is 18.6. The molecule has 0 saturated carbocycles. The van der Waals surface area contributed by atoms with Gasteiger partial charge in [0.2, 0.25) is 0 Å². The van der Waals surface area contributed by atoms with Crippen LogP contribution in [-0.2, 0) is 0 Å². The highest BCUT2D eigenvalue weighted by Gasteiger charge is 2.10. The summed E-state index contributed by atoms with van der Waals surface area (Å²) in [4.78, 5) is 5.90. The Balaban J connectivity index is 1.91. The third-order valence-corrected chi connectivity index (χ3v) is 5.09. The molecular weight excluding hydrogens is 340 g/mol. The van der Waals surface area contributed by atoms with Gasteiger partial charge in [-0.25, -0.2) is 0 Å². The molecule has 3 aromatic rings. The van der Waals surface area contributed by atoms with Crippen LogP contribution >= 0.6 is 11.8 Å². The van der Waals surface area contributed by atoms with E-state index < -0.39 is 0 Å². The molecule has 134 valence electrons. The van der Waals surface area contributed by atoms with Crippen LogP contribution in [0.4, 0.5) is 5.69 Å². The van der Waals surface area contributed by atoms with Crippen LogP contribution in [0.15, 0.2) is 64.5 Å². The molecule has 0 radical (unpaired) electrons. The van der Waals surface area contributed by atoms with Crippen LogP contribution in [0, 0.1) is 13.8 Å². The third kappa shape index (κ3) is 3.86. The second kappa shape index (κ2) is 8.28. The molecule has 0 fully saturated rings. The molecule has 0 aliphatic rings. The number of hydrogen-bond donors (Lipinski definition) is 0. The molecule has 2 aromatic carbocycles. The Hall–Kier alpha value is -2.46. The van der Waals surface area contributed by atoms with E-state index in [0.717, 1.165) is 22.7 Å². The van der Waals surface area contributed by atoms with Gasteiger partial charge in [-0.3, -0.25) is 4.99 Å². The van der Waals surface area contributed by atoms with E-state index in [-0.39, 0.29) is 0 Å². The Morgan fingerprint density at radius 1 is 1.08 bits per heavy atom. The van der Waals surface area contributed by atoms with Crippen LogP contribution in [0.25, 0.3) is 5.69 Å². The Bertz CT molecular complexity index is 910. The van der Waals surface area contributed by atoms with Gasteiger partial charge in [0.15, 0.2) is 0 Å². The lowest BCUT2D eigenvalue weighted by Gasteiger charge is -2.11. The summed E-state index contributed by atoms with van der Waals surface area (Å²) >= 11 is 1.71. The molecule has 0 bridgehead atoms. The molecule has 0 saturated heterocycles. The van der Waals surface area contributed by atoms with Crippen LogP contribution < -0.4 is 4.74 Å². The monoisotopic (exact) mass is 364 g/mol. The summed E-state index contributed by atoms with van der Waals surface area (Å²) < 4.78 is 7.79. The van der Waals surface area contributed by atoms with E-state index in [1.165, 1.54) is 16.3 Å². The van der Waals surface area contributed by atoms with Gasteiger partial charge < -0.3 is 9.30 Å². The van der Waals surface area contributed by atoms with Crippen molar-refractivity contribution in [3.8, 4) is 11.4 Å². The number of aliphatic imine (C=N–C) groups is 1. The van der Waals surface area contributed by atoms with E-state index >= 15 is 0 Å². The predicted octanol–water partition coefficient (Wildman–Crippen LogP) is 5.97. The van der Waals surface area contributed by atoms with E-state index in [9.17, 15) is 0 Å². The Morgan fingerprint density at radius 2 is 1.81 bits per heavy atom. The van der Waals surface area contributed by atoms with Crippen molar-refractivity contribution in [1.29, 1.82) is 0 Å². The first-order valence-corrected chi connectivity index (χ1v) is 9.95. The minimum absolute atomic E-state index is 0.680. The van der Waals surface area contributed by atoms with E-state index in [2.05, 4.69) is 48.9 Å². The molecule has 3 rings (SSSR count). The van der Waals surface area contributed by atoms with Crippen LogP contribution in [0.2, 0.25) is 0 Å². The maximum Gasteiger partial charge on any atom is 0.119 e. The second-order valence-corrected chi connectivity index (χ2v) is 6.87. The zero-order valence-electron chi connectivity index (χ0n) is 15.7. The standard InChI is InChI=1S/C22H24N2OS/c1-5-25-20-12-10-19(11-13-20)24-16(2)14-18(17(24)3)15-23-21-8-6-7-9-22(21)26-4/h6-15H,5H2,1-4H3. The van der Waals surface area contributed by atoms with Crippen molar-refractivity contribution in [2.75, 3.05) is 12.9 Å². The average Bonchev–Trinajstić information content (AvgIpc) is 2.95. The van der Waals surface area contributed by atoms with Crippen LogP contribution in [0.3, 0.4) is 0 Å². The molecule has 0 aliphatic carbocycles. The molecule has 3 nitrogen and oxygen atoms in total. The van der Waals surface area contributed by atoms with Crippen molar-refractivity contribution < 1.29 is 4.74 Å². The number of aryl methyl sites for hydroxylation is 1. The molecule has 26 heavy (non-hydrogen) atoms. The average molecular weight is 365 g/mol. The van der Waals surface area contributed by atoms with Gasteiger partial charge in [0.1, 0.15) is 5.75 Å². The molecule has 0 unspecified atom stereocenters. The number of nitrogens with zero attached hydrogens (tertiary/aromatic N) is 2. The molecule has 4 heteroatoms. The Kier molecular flexibility index (Phi) is 5.84. The lowest BCUT2D eigenvalue weighted by atomic mass is 10.2. The van der Waals surface area contributed by atoms with Crippen molar-refractivity contribution in [3.63, 3.8) is 0 Å². The quantitative estimate of drug-likeness (QED) is 0.398. The fraction of sp³-hybridized carbons (Fsp3) is 0.227. The maximum atomic E-state index is 5.54. The predicted molar refractivity (Wildman–Crippen MR) is 112 cm³/mol. The molecule has 0 amide bonds. The zero-order valence-corrected chi connectivity index (χ0v) is 16.5. The lowest BCUT2D eigenvalue weighted by molar-refractivity contribution is 0.340. The summed E-state index contributed by atoms with van der Waals surface area (Å²) in [5.41, 5.74) is 5.63. The van der Waals surface area contributed by atoms with Crippen molar-refractivity contribution in [2.24, 2.45) is 4.99 Å². The largest absolute Gasteiger partial charge is 0.494 e. The molecule has 0 atom stereocenters. The Labute approximate surface area is 159 Å². The van der Waals surface area contributed by atoms with E-state index in [0.29, 0.717) is 6.61 Å². The second-order valence-electron chi connectivity index (χ2n) is 6.02. The number of thioether (sulfide) groups is 1. The summed E-state index contributed by atoms with van der Waals surface area (Å²) in [6.07, 6.45) is 4.04. The smallest absolute Gasteiger partial charge is 0.119 e. The topological polar surface area (TPSA) is 26.5 Å². The number of para-hydroxylation sites is 1. The fourth-order valence-electron chi connectivity index (χ4n) is 3.05. The molecule has 0 aliphatic heterocycles. The summed E-state index contributed by atoms with van der Waals surface area (Å²) in [5.74, 6) is 0.897. The first kappa shape index (κ1) is 18.3. The zero-order chi connectivity index (χ0) is 18.5. The number of ether oxygens (including phenoxy) is 1. The number of benzene rings is 2. The number of hydrogen-bond acceptors (Lipinski definition) is 3. The van der Waals surface area contributed by atoms with Crippen LogP contribution in [-0.4, -0.2) is 23.6 Å². The van der Waals surface area contributed by atoms with Crippen LogP contribution in [0.1, 0.15) is 23.9 Å².